The standard InChI is InChI=1S/C21H27BrN4O2/c22-16-5-6-19-18(11-16)21(28)26(14-23-19)13-20(27)24-17-7-9-25(10-8-17)12-15-3-1-2-4-15/h5-6,11,14-15,17H,1-4,7-10,12-13H2,(H,24,27). The quantitative estimate of drug-likeness (QED) is 0.766. The predicted octanol–water partition coefficient (Wildman–Crippen LogP) is 2.93. The highest BCUT2D eigenvalue weighted by atomic mass is 79.9. The molecule has 1 aliphatic heterocycles. The van der Waals surface area contributed by atoms with Crippen LogP contribution in [0.1, 0.15) is 38.5 Å². The normalized spacial score (nSPS) is 19.3. The molecule has 6 nitrogen and oxygen atoms in total. The van der Waals surface area contributed by atoms with Crippen molar-refractivity contribution < 1.29 is 4.79 Å². The van der Waals surface area contributed by atoms with Crippen LogP contribution in [0.3, 0.4) is 0 Å². The fraction of sp³-hybridized carbons (Fsp3) is 0.571. The number of carbonyl (C=O) groups excluding carboxylic acids is 1. The third-order valence-electron chi connectivity index (χ3n) is 6.04. The Kier molecular flexibility index (Phi) is 6.11. The van der Waals surface area contributed by atoms with Crippen molar-refractivity contribution in [1.82, 2.24) is 19.8 Å². The number of hydrogen-bond acceptors (Lipinski definition) is 4. The largest absolute Gasteiger partial charge is 0.352 e. The van der Waals surface area contributed by atoms with Crippen LogP contribution in [0.15, 0.2) is 33.8 Å². The fourth-order valence-electron chi connectivity index (χ4n) is 4.49. The van der Waals surface area contributed by atoms with Gasteiger partial charge in [0.05, 0.1) is 17.2 Å². The van der Waals surface area contributed by atoms with Gasteiger partial charge >= 0.3 is 0 Å². The summed E-state index contributed by atoms with van der Waals surface area (Å²) in [7, 11) is 0. The molecule has 0 spiro atoms. The molecule has 150 valence electrons. The molecule has 0 atom stereocenters. The van der Waals surface area contributed by atoms with E-state index in [9.17, 15) is 9.59 Å². The first kappa shape index (κ1) is 19.6. The van der Waals surface area contributed by atoms with Gasteiger partial charge in [-0.1, -0.05) is 28.8 Å². The Morgan fingerprint density at radius 2 is 1.93 bits per heavy atom. The Hall–Kier alpha value is -1.73. The summed E-state index contributed by atoms with van der Waals surface area (Å²) >= 11 is 3.38. The number of amides is 1. The van der Waals surface area contributed by atoms with Gasteiger partial charge in [-0.2, -0.15) is 0 Å². The lowest BCUT2D eigenvalue weighted by Gasteiger charge is -2.33. The van der Waals surface area contributed by atoms with E-state index in [1.165, 1.54) is 43.1 Å². The summed E-state index contributed by atoms with van der Waals surface area (Å²) in [6.07, 6.45) is 8.95. The third kappa shape index (κ3) is 4.63. The summed E-state index contributed by atoms with van der Waals surface area (Å²) in [6, 6.07) is 5.60. The van der Waals surface area contributed by atoms with Gasteiger partial charge in [-0.15, -0.1) is 0 Å². The molecule has 7 heteroatoms. The van der Waals surface area contributed by atoms with Crippen molar-refractivity contribution in [2.45, 2.75) is 51.1 Å². The molecule has 0 radical (unpaired) electrons. The summed E-state index contributed by atoms with van der Waals surface area (Å²) < 4.78 is 2.21. The van der Waals surface area contributed by atoms with E-state index in [1.807, 2.05) is 6.07 Å². The van der Waals surface area contributed by atoms with E-state index >= 15 is 0 Å². The number of rotatable bonds is 5. The van der Waals surface area contributed by atoms with Gasteiger partial charge in [-0.25, -0.2) is 4.98 Å². The Balaban J connectivity index is 1.31. The Morgan fingerprint density at radius 1 is 1.18 bits per heavy atom. The first-order valence-corrected chi connectivity index (χ1v) is 11.0. The van der Waals surface area contributed by atoms with Gasteiger partial charge in [0.15, 0.2) is 0 Å². The molecule has 0 bridgehead atoms. The van der Waals surface area contributed by atoms with Crippen molar-refractivity contribution in [3.8, 4) is 0 Å². The van der Waals surface area contributed by atoms with E-state index in [0.29, 0.717) is 10.9 Å². The van der Waals surface area contributed by atoms with Crippen LogP contribution < -0.4 is 10.9 Å². The molecule has 1 aromatic heterocycles. The minimum atomic E-state index is -0.187. The summed E-state index contributed by atoms with van der Waals surface area (Å²) in [5, 5.41) is 3.62. The highest BCUT2D eigenvalue weighted by Gasteiger charge is 2.24. The number of benzene rings is 1. The second-order valence-corrected chi connectivity index (χ2v) is 9.05. The maximum absolute atomic E-state index is 12.6. The van der Waals surface area contributed by atoms with Crippen LogP contribution in [-0.4, -0.2) is 46.0 Å². The molecule has 2 heterocycles. The van der Waals surface area contributed by atoms with E-state index in [0.717, 1.165) is 36.3 Å². The molecule has 0 unspecified atom stereocenters. The molecule has 4 rings (SSSR count). The number of nitrogens with zero attached hydrogens (tertiary/aromatic N) is 3. The molecule has 1 saturated heterocycles. The highest BCUT2D eigenvalue weighted by molar-refractivity contribution is 9.10. The maximum Gasteiger partial charge on any atom is 0.261 e. The lowest BCUT2D eigenvalue weighted by atomic mass is 10.0. The van der Waals surface area contributed by atoms with Gasteiger partial charge in [0.25, 0.3) is 5.56 Å². The van der Waals surface area contributed by atoms with Crippen LogP contribution in [0.5, 0.6) is 0 Å². The minimum absolute atomic E-state index is 0.0105. The van der Waals surface area contributed by atoms with Gasteiger partial charge < -0.3 is 10.2 Å². The molecule has 1 saturated carbocycles. The number of piperidine rings is 1. The number of carbonyl (C=O) groups is 1. The van der Waals surface area contributed by atoms with Gasteiger partial charge in [-0.3, -0.25) is 14.2 Å². The highest BCUT2D eigenvalue weighted by Crippen LogP contribution is 2.26. The molecule has 1 N–H and O–H groups in total. The van der Waals surface area contributed by atoms with Crippen LogP contribution in [-0.2, 0) is 11.3 Å². The molecule has 1 aromatic carbocycles. The first-order chi connectivity index (χ1) is 13.6. The van der Waals surface area contributed by atoms with E-state index in [2.05, 4.69) is 31.1 Å². The number of hydrogen-bond donors (Lipinski definition) is 1. The zero-order chi connectivity index (χ0) is 19.5. The number of nitrogens with one attached hydrogen (secondary N) is 1. The molecule has 2 fully saturated rings. The molecular formula is C21H27BrN4O2. The number of likely N-dealkylation sites (tertiary alicyclic amines) is 1. The van der Waals surface area contributed by atoms with Crippen LogP contribution in [0.25, 0.3) is 10.9 Å². The van der Waals surface area contributed by atoms with Crippen molar-refractivity contribution in [1.29, 1.82) is 0 Å². The van der Waals surface area contributed by atoms with Crippen molar-refractivity contribution >= 4 is 32.7 Å². The average Bonchev–Trinajstić information content (AvgIpc) is 3.19. The molecule has 1 aliphatic carbocycles. The maximum atomic E-state index is 12.6. The zero-order valence-corrected chi connectivity index (χ0v) is 17.7. The van der Waals surface area contributed by atoms with Crippen LogP contribution >= 0.6 is 15.9 Å². The van der Waals surface area contributed by atoms with Crippen molar-refractivity contribution in [3.05, 3.63) is 39.4 Å². The topological polar surface area (TPSA) is 67.2 Å². The third-order valence-corrected chi connectivity index (χ3v) is 6.54. The van der Waals surface area contributed by atoms with E-state index in [4.69, 9.17) is 0 Å². The second-order valence-electron chi connectivity index (χ2n) is 8.13. The SMILES string of the molecule is O=C(Cn1cnc2ccc(Br)cc2c1=O)NC1CCN(CC2CCCC2)CC1. The minimum Gasteiger partial charge on any atom is -0.352 e. The van der Waals surface area contributed by atoms with Crippen molar-refractivity contribution in [3.63, 3.8) is 0 Å². The first-order valence-electron chi connectivity index (χ1n) is 10.2. The monoisotopic (exact) mass is 446 g/mol. The van der Waals surface area contributed by atoms with Gasteiger partial charge in [0.2, 0.25) is 5.91 Å². The summed E-state index contributed by atoms with van der Waals surface area (Å²) in [6.45, 7) is 3.32. The predicted molar refractivity (Wildman–Crippen MR) is 113 cm³/mol. The smallest absolute Gasteiger partial charge is 0.261 e. The molecule has 2 aromatic rings. The molecular weight excluding hydrogens is 420 g/mol. The van der Waals surface area contributed by atoms with Crippen molar-refractivity contribution in [2.75, 3.05) is 19.6 Å². The Morgan fingerprint density at radius 3 is 2.68 bits per heavy atom. The van der Waals surface area contributed by atoms with E-state index in [1.54, 1.807) is 12.1 Å². The van der Waals surface area contributed by atoms with Gasteiger partial charge in [-0.05, 0) is 49.8 Å². The van der Waals surface area contributed by atoms with Crippen LogP contribution in [0.2, 0.25) is 0 Å². The number of fused-ring (bicyclic) bond motifs is 1. The lowest BCUT2D eigenvalue weighted by molar-refractivity contribution is -0.122. The second kappa shape index (κ2) is 8.74. The molecule has 28 heavy (non-hydrogen) atoms. The molecule has 1 amide bonds. The number of halogens is 1. The average molecular weight is 447 g/mol. The van der Waals surface area contributed by atoms with E-state index < -0.39 is 0 Å². The van der Waals surface area contributed by atoms with Crippen LogP contribution in [0, 0.1) is 5.92 Å². The van der Waals surface area contributed by atoms with E-state index in [-0.39, 0.29) is 24.1 Å². The van der Waals surface area contributed by atoms with Crippen molar-refractivity contribution in [2.24, 2.45) is 5.92 Å². The van der Waals surface area contributed by atoms with Gasteiger partial charge in [0.1, 0.15) is 6.54 Å². The van der Waals surface area contributed by atoms with Crippen LogP contribution in [0.4, 0.5) is 0 Å². The summed E-state index contributed by atoms with van der Waals surface area (Å²) in [5.74, 6) is 0.756. The summed E-state index contributed by atoms with van der Waals surface area (Å²) in [5.41, 5.74) is 0.451. The summed E-state index contributed by atoms with van der Waals surface area (Å²) in [4.78, 5) is 32.0. The van der Waals surface area contributed by atoms with Gasteiger partial charge in [0, 0.05) is 30.1 Å². The Labute approximate surface area is 173 Å². The Bertz CT molecular complexity index is 899. The fourth-order valence-corrected chi connectivity index (χ4v) is 4.85. The molecule has 2 aliphatic rings. The zero-order valence-electron chi connectivity index (χ0n) is 16.1. The number of aromatic nitrogens is 2. The lowest BCUT2D eigenvalue weighted by Crippen LogP contribution is -2.46.